The van der Waals surface area contributed by atoms with Crippen molar-refractivity contribution in [1.29, 1.82) is 0 Å². The van der Waals surface area contributed by atoms with Crippen molar-refractivity contribution in [2.24, 2.45) is 17.3 Å². The Balaban J connectivity index is 0.000000461. The maximum atomic E-state index is 12.6. The lowest BCUT2D eigenvalue weighted by molar-refractivity contribution is -0.234. The summed E-state index contributed by atoms with van der Waals surface area (Å²) < 4.78 is 37.8. The van der Waals surface area contributed by atoms with Gasteiger partial charge >= 0.3 is 6.18 Å². The summed E-state index contributed by atoms with van der Waals surface area (Å²) in [5.41, 5.74) is -1.35. The molecule has 0 spiro atoms. The molecule has 3 atom stereocenters. The minimum absolute atomic E-state index is 0.0810. The van der Waals surface area contributed by atoms with E-state index in [0.717, 1.165) is 19.3 Å². The molecule has 0 N–H and O–H groups in total. The summed E-state index contributed by atoms with van der Waals surface area (Å²) >= 11 is 0. The van der Waals surface area contributed by atoms with Gasteiger partial charge in [0.2, 0.25) is 0 Å². The Hall–Kier alpha value is -0.210. The lowest BCUT2D eigenvalue weighted by Gasteiger charge is -2.35. The van der Waals surface area contributed by atoms with Crippen LogP contribution in [0.3, 0.4) is 0 Å². The van der Waals surface area contributed by atoms with E-state index in [1.54, 1.807) is 0 Å². The maximum Gasteiger partial charge on any atom is 0.394 e. The number of rotatable bonds is 0. The Kier molecular flexibility index (Phi) is 3.17. The molecule has 0 heterocycles. The van der Waals surface area contributed by atoms with Crippen LogP contribution in [-0.4, -0.2) is 6.18 Å². The molecular formula is C11H19F3. The second-order valence-electron chi connectivity index (χ2n) is 4.50. The zero-order valence-electron chi connectivity index (χ0n) is 9.12. The standard InChI is InChI=1S/C9H13F3.C2H6/c1-8(9(10,11)12)5-6-2-3-7(8)4-6;1-2/h6-7H,2-5H2,1H3;1-2H3. The van der Waals surface area contributed by atoms with Gasteiger partial charge in [-0.05, 0) is 31.1 Å². The first-order valence-corrected chi connectivity index (χ1v) is 5.50. The largest absolute Gasteiger partial charge is 0.394 e. The van der Waals surface area contributed by atoms with E-state index in [1.807, 2.05) is 13.8 Å². The highest BCUT2D eigenvalue weighted by Gasteiger charge is 2.61. The number of halogens is 3. The molecular weight excluding hydrogens is 189 g/mol. The number of hydrogen-bond acceptors (Lipinski definition) is 0. The molecule has 2 fully saturated rings. The molecule has 0 nitrogen and oxygen atoms in total. The van der Waals surface area contributed by atoms with E-state index in [4.69, 9.17) is 0 Å². The summed E-state index contributed by atoms with van der Waals surface area (Å²) in [5.74, 6) is 0.282. The smallest absolute Gasteiger partial charge is 0.171 e. The number of fused-ring (bicyclic) bond motifs is 2. The van der Waals surface area contributed by atoms with Gasteiger partial charge < -0.3 is 0 Å². The average molecular weight is 208 g/mol. The molecule has 0 aromatic carbocycles. The Morgan fingerprint density at radius 1 is 1.14 bits per heavy atom. The molecule has 0 radical (unpaired) electrons. The first kappa shape index (κ1) is 11.9. The minimum atomic E-state index is -3.98. The van der Waals surface area contributed by atoms with Gasteiger partial charge in [0, 0.05) is 0 Å². The molecule has 0 saturated heterocycles. The number of alkyl halides is 3. The molecule has 2 rings (SSSR count). The molecule has 2 saturated carbocycles. The molecule has 3 unspecified atom stereocenters. The van der Waals surface area contributed by atoms with Gasteiger partial charge in [-0.1, -0.05) is 27.2 Å². The van der Waals surface area contributed by atoms with Crippen LogP contribution in [0.4, 0.5) is 13.2 Å². The molecule has 84 valence electrons. The van der Waals surface area contributed by atoms with Crippen molar-refractivity contribution >= 4 is 0 Å². The van der Waals surface area contributed by atoms with Crippen molar-refractivity contribution in [2.75, 3.05) is 0 Å². The van der Waals surface area contributed by atoms with E-state index >= 15 is 0 Å². The van der Waals surface area contributed by atoms with Crippen molar-refractivity contribution in [3.63, 3.8) is 0 Å². The Morgan fingerprint density at radius 3 is 1.93 bits per heavy atom. The van der Waals surface area contributed by atoms with Crippen molar-refractivity contribution < 1.29 is 13.2 Å². The van der Waals surface area contributed by atoms with Gasteiger partial charge in [0.1, 0.15) is 0 Å². The van der Waals surface area contributed by atoms with Crippen LogP contribution in [0.1, 0.15) is 46.5 Å². The van der Waals surface area contributed by atoms with Gasteiger partial charge in [-0.25, -0.2) is 0 Å². The van der Waals surface area contributed by atoms with E-state index in [9.17, 15) is 13.2 Å². The topological polar surface area (TPSA) is 0 Å². The molecule has 2 bridgehead atoms. The van der Waals surface area contributed by atoms with Gasteiger partial charge in [-0.2, -0.15) is 13.2 Å². The Morgan fingerprint density at radius 2 is 1.71 bits per heavy atom. The Bertz CT molecular complexity index is 197. The molecule has 2 aliphatic rings. The third-order valence-corrected chi connectivity index (χ3v) is 3.80. The fourth-order valence-electron chi connectivity index (χ4n) is 2.95. The minimum Gasteiger partial charge on any atom is -0.171 e. The Labute approximate surface area is 83.9 Å². The van der Waals surface area contributed by atoms with Crippen LogP contribution in [0.2, 0.25) is 0 Å². The van der Waals surface area contributed by atoms with Crippen LogP contribution < -0.4 is 0 Å². The van der Waals surface area contributed by atoms with Crippen LogP contribution in [0.15, 0.2) is 0 Å². The summed E-state index contributed by atoms with van der Waals surface area (Å²) in [6, 6.07) is 0. The maximum absolute atomic E-state index is 12.6. The first-order chi connectivity index (χ1) is 6.43. The lowest BCUT2D eigenvalue weighted by Crippen LogP contribution is -2.39. The monoisotopic (exact) mass is 208 g/mol. The zero-order valence-corrected chi connectivity index (χ0v) is 9.12. The SMILES string of the molecule is CC.CC1(C(F)(F)F)CC2CCC1C2. The van der Waals surface area contributed by atoms with Crippen LogP contribution in [0, 0.1) is 17.3 Å². The van der Waals surface area contributed by atoms with Gasteiger partial charge in [-0.3, -0.25) is 0 Å². The van der Waals surface area contributed by atoms with Crippen LogP contribution in [0.5, 0.6) is 0 Å². The van der Waals surface area contributed by atoms with Crippen LogP contribution >= 0.6 is 0 Å². The fourth-order valence-corrected chi connectivity index (χ4v) is 2.95. The zero-order chi connectivity index (χ0) is 11.0. The molecule has 2 aliphatic carbocycles. The fraction of sp³-hybridized carbons (Fsp3) is 1.00. The van der Waals surface area contributed by atoms with Crippen LogP contribution in [-0.2, 0) is 0 Å². The summed E-state index contributed by atoms with van der Waals surface area (Å²) in [5, 5.41) is 0. The van der Waals surface area contributed by atoms with Crippen molar-refractivity contribution in [1.82, 2.24) is 0 Å². The summed E-state index contributed by atoms with van der Waals surface area (Å²) in [7, 11) is 0. The van der Waals surface area contributed by atoms with E-state index in [1.165, 1.54) is 6.92 Å². The summed E-state index contributed by atoms with van der Waals surface area (Å²) in [6.45, 7) is 5.40. The van der Waals surface area contributed by atoms with Crippen molar-refractivity contribution in [2.45, 2.75) is 52.6 Å². The molecule has 3 heteroatoms. The normalized spacial score (nSPS) is 40.7. The van der Waals surface area contributed by atoms with Gasteiger partial charge in [0.05, 0.1) is 5.41 Å². The van der Waals surface area contributed by atoms with E-state index in [2.05, 4.69) is 0 Å². The van der Waals surface area contributed by atoms with E-state index < -0.39 is 11.6 Å². The highest BCUT2D eigenvalue weighted by Crippen LogP contribution is 2.62. The second kappa shape index (κ2) is 3.74. The van der Waals surface area contributed by atoms with E-state index in [-0.39, 0.29) is 5.92 Å². The first-order valence-electron chi connectivity index (χ1n) is 5.50. The average Bonchev–Trinajstić information content (AvgIpc) is 2.65. The van der Waals surface area contributed by atoms with Crippen molar-refractivity contribution in [3.8, 4) is 0 Å². The van der Waals surface area contributed by atoms with Crippen LogP contribution in [0.25, 0.3) is 0 Å². The molecule has 14 heavy (non-hydrogen) atoms. The summed E-state index contributed by atoms with van der Waals surface area (Å²) in [4.78, 5) is 0. The second-order valence-corrected chi connectivity index (χ2v) is 4.50. The molecule has 0 aromatic heterocycles. The van der Waals surface area contributed by atoms with E-state index in [0.29, 0.717) is 12.3 Å². The highest BCUT2D eigenvalue weighted by atomic mass is 19.4. The van der Waals surface area contributed by atoms with Crippen molar-refractivity contribution in [3.05, 3.63) is 0 Å². The molecule has 0 amide bonds. The van der Waals surface area contributed by atoms with Gasteiger partial charge in [0.15, 0.2) is 0 Å². The third-order valence-electron chi connectivity index (χ3n) is 3.80. The number of hydrogen-bond donors (Lipinski definition) is 0. The van der Waals surface area contributed by atoms with Gasteiger partial charge in [-0.15, -0.1) is 0 Å². The predicted octanol–water partition coefficient (Wildman–Crippen LogP) is 4.40. The third kappa shape index (κ3) is 1.66. The lowest BCUT2D eigenvalue weighted by atomic mass is 9.74. The quantitative estimate of drug-likeness (QED) is 0.553. The molecule has 0 aromatic rings. The molecule has 0 aliphatic heterocycles. The van der Waals surface area contributed by atoms with Gasteiger partial charge in [0.25, 0.3) is 0 Å². The highest BCUT2D eigenvalue weighted by molar-refractivity contribution is 5.01. The summed E-state index contributed by atoms with van der Waals surface area (Å²) in [6.07, 6.45) is -0.971. The predicted molar refractivity (Wildman–Crippen MR) is 51.0 cm³/mol.